The molecule has 2 aliphatic heterocycles. The van der Waals surface area contributed by atoms with Crippen molar-refractivity contribution in [3.63, 3.8) is 0 Å². The summed E-state index contributed by atoms with van der Waals surface area (Å²) in [6, 6.07) is 7.15. The minimum Gasteiger partial charge on any atom is -0.444 e. The van der Waals surface area contributed by atoms with Crippen molar-refractivity contribution in [3.05, 3.63) is 51.2 Å². The lowest BCUT2D eigenvalue weighted by atomic mass is 9.77. The quantitative estimate of drug-likeness (QED) is 0.618. The number of ether oxygens (including phenoxy) is 1. The van der Waals surface area contributed by atoms with E-state index in [1.54, 1.807) is 11.3 Å². The van der Waals surface area contributed by atoms with Crippen molar-refractivity contribution < 1.29 is 9.53 Å². The van der Waals surface area contributed by atoms with Crippen LogP contribution in [0.1, 0.15) is 74.4 Å². The molecule has 3 atom stereocenters. The second-order valence-electron chi connectivity index (χ2n) is 9.62. The highest BCUT2D eigenvalue weighted by Gasteiger charge is 2.48. The first-order valence-electron chi connectivity index (χ1n) is 10.9. The molecule has 5 heteroatoms. The number of carbonyl (C=O) groups excluding carboxylic acids is 1. The zero-order valence-corrected chi connectivity index (χ0v) is 18.3. The first-order chi connectivity index (χ1) is 13.9. The minimum atomic E-state index is -0.479. The normalized spacial score (nSPS) is 25.6. The number of hydrogen-bond acceptors (Lipinski definition) is 4. The van der Waals surface area contributed by atoms with Crippen molar-refractivity contribution >= 4 is 23.1 Å². The number of nitrogens with zero attached hydrogens (tertiary/aromatic N) is 1. The number of fused-ring (bicyclic) bond motifs is 5. The third-order valence-corrected chi connectivity index (χ3v) is 7.29. The highest BCUT2D eigenvalue weighted by atomic mass is 32.1. The Morgan fingerprint density at radius 3 is 2.79 bits per heavy atom. The van der Waals surface area contributed by atoms with Gasteiger partial charge >= 0.3 is 6.09 Å². The fourth-order valence-electron chi connectivity index (χ4n) is 5.40. The molecule has 0 spiro atoms. The summed E-state index contributed by atoms with van der Waals surface area (Å²) < 4.78 is 5.79. The second-order valence-corrected chi connectivity index (χ2v) is 10.4. The maximum atomic E-state index is 13.1. The Kier molecular flexibility index (Phi) is 4.61. The third kappa shape index (κ3) is 3.33. The molecule has 0 bridgehead atoms. The minimum absolute atomic E-state index is 0.0817. The lowest BCUT2D eigenvalue weighted by molar-refractivity contribution is 0.0198. The SMILES string of the molecule is CC(C)(C)OC(=O)N1CC[C@@H]2[C@H]1c1ccc3c(c1N[C@H]2c1ccsc1)CCCC3. The molecule has 1 aromatic heterocycles. The van der Waals surface area contributed by atoms with Gasteiger partial charge in [0.1, 0.15) is 5.60 Å². The summed E-state index contributed by atoms with van der Waals surface area (Å²) in [6.07, 6.45) is 5.63. The molecule has 0 unspecified atom stereocenters. The lowest BCUT2D eigenvalue weighted by Gasteiger charge is -2.41. The van der Waals surface area contributed by atoms with E-state index in [9.17, 15) is 4.79 Å². The molecule has 5 rings (SSSR count). The van der Waals surface area contributed by atoms with Gasteiger partial charge in [0, 0.05) is 18.2 Å². The van der Waals surface area contributed by atoms with Crippen molar-refractivity contribution in [2.75, 3.05) is 11.9 Å². The molecular formula is C24H30N2O2S. The predicted octanol–water partition coefficient (Wildman–Crippen LogP) is 6.09. The van der Waals surface area contributed by atoms with Crippen LogP contribution in [0.25, 0.3) is 0 Å². The molecule has 0 saturated carbocycles. The fraction of sp³-hybridized carbons (Fsp3) is 0.542. The van der Waals surface area contributed by atoms with Crippen molar-refractivity contribution in [3.8, 4) is 0 Å². The zero-order valence-electron chi connectivity index (χ0n) is 17.5. The summed E-state index contributed by atoms with van der Waals surface area (Å²) in [5.41, 5.74) is 6.39. The van der Waals surface area contributed by atoms with Crippen molar-refractivity contribution in [1.82, 2.24) is 4.90 Å². The van der Waals surface area contributed by atoms with Crippen LogP contribution in [0.5, 0.6) is 0 Å². The average molecular weight is 411 g/mol. The van der Waals surface area contributed by atoms with E-state index in [0.29, 0.717) is 5.92 Å². The largest absolute Gasteiger partial charge is 0.444 e. The number of benzene rings is 1. The second kappa shape index (κ2) is 7.05. The number of nitrogens with one attached hydrogen (secondary N) is 1. The number of thiophene rings is 1. The Morgan fingerprint density at radius 2 is 2.03 bits per heavy atom. The highest BCUT2D eigenvalue weighted by Crippen LogP contribution is 2.53. The van der Waals surface area contributed by atoms with Gasteiger partial charge in [-0.1, -0.05) is 12.1 Å². The summed E-state index contributed by atoms with van der Waals surface area (Å²) in [7, 11) is 0. The van der Waals surface area contributed by atoms with Crippen LogP contribution in [-0.2, 0) is 17.6 Å². The molecule has 3 heterocycles. The molecule has 2 aromatic rings. The van der Waals surface area contributed by atoms with Crippen LogP contribution < -0.4 is 5.32 Å². The van der Waals surface area contributed by atoms with Gasteiger partial charge in [-0.2, -0.15) is 11.3 Å². The monoisotopic (exact) mass is 410 g/mol. The standard InChI is InChI=1S/C24H30N2O2S/c1-24(2,3)28-23(27)26-12-10-19-20(16-11-13-29-14-16)25-21-17-7-5-4-6-15(17)8-9-18(21)22(19)26/h8-9,11,13-14,19-20,22,25H,4-7,10,12H2,1-3H3/t19-,20-,22+/m0/s1. The van der Waals surface area contributed by atoms with E-state index in [2.05, 4.69) is 34.3 Å². The van der Waals surface area contributed by atoms with E-state index in [1.165, 1.54) is 40.8 Å². The highest BCUT2D eigenvalue weighted by molar-refractivity contribution is 7.08. The topological polar surface area (TPSA) is 41.6 Å². The average Bonchev–Trinajstić information content (AvgIpc) is 3.36. The van der Waals surface area contributed by atoms with Crippen molar-refractivity contribution in [2.45, 2.75) is 70.6 Å². The molecule has 1 saturated heterocycles. The smallest absolute Gasteiger partial charge is 0.410 e. The van der Waals surface area contributed by atoms with Crippen molar-refractivity contribution in [2.24, 2.45) is 5.92 Å². The molecule has 154 valence electrons. The van der Waals surface area contributed by atoms with E-state index in [0.717, 1.165) is 25.8 Å². The van der Waals surface area contributed by atoms with Crippen LogP contribution in [-0.4, -0.2) is 23.1 Å². The Bertz CT molecular complexity index is 916. The maximum absolute atomic E-state index is 13.1. The van der Waals surface area contributed by atoms with E-state index < -0.39 is 5.60 Å². The molecule has 1 N–H and O–H groups in total. The van der Waals surface area contributed by atoms with Gasteiger partial charge < -0.3 is 15.0 Å². The Labute approximate surface area is 177 Å². The Hall–Kier alpha value is -2.01. The summed E-state index contributed by atoms with van der Waals surface area (Å²) >= 11 is 1.75. The molecule has 1 aliphatic carbocycles. The fourth-order valence-corrected chi connectivity index (χ4v) is 6.09. The van der Waals surface area contributed by atoms with Crippen LogP contribution in [0, 0.1) is 5.92 Å². The third-order valence-electron chi connectivity index (χ3n) is 6.59. The van der Waals surface area contributed by atoms with Gasteiger partial charge in [0.05, 0.1) is 12.1 Å². The van der Waals surface area contributed by atoms with E-state index in [-0.39, 0.29) is 18.2 Å². The van der Waals surface area contributed by atoms with Crippen LogP contribution in [0.4, 0.5) is 10.5 Å². The Morgan fingerprint density at radius 1 is 1.21 bits per heavy atom. The Balaban J connectivity index is 1.59. The predicted molar refractivity (Wildman–Crippen MR) is 118 cm³/mol. The molecule has 1 aromatic carbocycles. The van der Waals surface area contributed by atoms with Gasteiger partial charge in [-0.05, 0) is 92.0 Å². The molecule has 3 aliphatic rings. The van der Waals surface area contributed by atoms with E-state index >= 15 is 0 Å². The molecule has 1 amide bonds. The first-order valence-corrected chi connectivity index (χ1v) is 11.8. The number of likely N-dealkylation sites (tertiary alicyclic amines) is 1. The number of anilines is 1. The molecular weight excluding hydrogens is 380 g/mol. The van der Waals surface area contributed by atoms with Gasteiger partial charge in [0.25, 0.3) is 0 Å². The number of aryl methyl sites for hydroxylation is 1. The van der Waals surface area contributed by atoms with Crippen LogP contribution in [0.2, 0.25) is 0 Å². The van der Waals surface area contributed by atoms with Crippen molar-refractivity contribution in [1.29, 1.82) is 0 Å². The van der Waals surface area contributed by atoms with Gasteiger partial charge in [-0.25, -0.2) is 4.79 Å². The van der Waals surface area contributed by atoms with Crippen LogP contribution >= 0.6 is 11.3 Å². The molecule has 4 nitrogen and oxygen atoms in total. The van der Waals surface area contributed by atoms with Gasteiger partial charge in [-0.3, -0.25) is 0 Å². The maximum Gasteiger partial charge on any atom is 0.410 e. The lowest BCUT2D eigenvalue weighted by Crippen LogP contribution is -2.40. The number of rotatable bonds is 1. The summed E-state index contributed by atoms with van der Waals surface area (Å²) in [6.45, 7) is 6.58. The zero-order chi connectivity index (χ0) is 20.2. The molecule has 0 radical (unpaired) electrons. The van der Waals surface area contributed by atoms with Gasteiger partial charge in [0.2, 0.25) is 0 Å². The summed E-state index contributed by atoms with van der Waals surface area (Å²) in [4.78, 5) is 15.1. The number of carbonyl (C=O) groups is 1. The summed E-state index contributed by atoms with van der Waals surface area (Å²) in [5.74, 6) is 0.367. The molecule has 1 fully saturated rings. The van der Waals surface area contributed by atoms with Gasteiger partial charge in [0.15, 0.2) is 0 Å². The van der Waals surface area contributed by atoms with E-state index in [4.69, 9.17) is 4.74 Å². The summed E-state index contributed by atoms with van der Waals surface area (Å²) in [5, 5.41) is 8.35. The van der Waals surface area contributed by atoms with Gasteiger partial charge in [-0.15, -0.1) is 0 Å². The number of hydrogen-bond donors (Lipinski definition) is 1. The molecule has 29 heavy (non-hydrogen) atoms. The van der Waals surface area contributed by atoms with Crippen LogP contribution in [0.15, 0.2) is 29.0 Å². The van der Waals surface area contributed by atoms with E-state index in [1.807, 2.05) is 25.7 Å². The van der Waals surface area contributed by atoms with Crippen LogP contribution in [0.3, 0.4) is 0 Å². The first kappa shape index (κ1) is 19.0. The number of amides is 1.